The first-order valence-electron chi connectivity index (χ1n) is 13.6. The summed E-state index contributed by atoms with van der Waals surface area (Å²) in [6.07, 6.45) is 4.81. The summed E-state index contributed by atoms with van der Waals surface area (Å²) in [7, 11) is 1.70. The van der Waals surface area contributed by atoms with Gasteiger partial charge in [0.15, 0.2) is 0 Å². The molecule has 2 aliphatic rings. The van der Waals surface area contributed by atoms with Gasteiger partial charge in [-0.3, -0.25) is 24.0 Å². The Bertz CT molecular complexity index is 957. The SMILES string of the molecule is C=CCNC(=O)C(=O)C(CC)NC(=O)C1CCCN1C(=O)C(NC(=O)NCC(=O)N(C)CC1CC1)C(C)(C)C. The van der Waals surface area contributed by atoms with E-state index in [1.807, 2.05) is 0 Å². The van der Waals surface area contributed by atoms with E-state index in [1.165, 1.54) is 11.0 Å². The Labute approximate surface area is 230 Å². The van der Waals surface area contributed by atoms with E-state index in [4.69, 9.17) is 0 Å². The van der Waals surface area contributed by atoms with E-state index in [9.17, 15) is 28.8 Å². The molecule has 4 N–H and O–H groups in total. The molecule has 12 nitrogen and oxygen atoms in total. The molecule has 0 spiro atoms. The van der Waals surface area contributed by atoms with Crippen LogP contribution in [0.25, 0.3) is 0 Å². The molecule has 1 aliphatic heterocycles. The van der Waals surface area contributed by atoms with E-state index in [0.29, 0.717) is 31.8 Å². The molecule has 1 saturated carbocycles. The standard InChI is InChI=1S/C27H44N6O6/c1-7-13-28-24(37)21(35)18(8-2)30-23(36)19-10-9-14-33(19)25(38)22(27(3,4)5)31-26(39)29-15-20(34)32(6)16-17-11-12-17/h7,17-19,22H,1,8-16H2,2-6H3,(H,28,37)(H,30,36)(H2,29,31,39). The number of hydrogen-bond acceptors (Lipinski definition) is 6. The van der Waals surface area contributed by atoms with Crippen LogP contribution in [0.4, 0.5) is 4.79 Å². The lowest BCUT2D eigenvalue weighted by atomic mass is 9.85. The average Bonchev–Trinajstić information content (AvgIpc) is 3.56. The molecule has 1 aliphatic carbocycles. The summed E-state index contributed by atoms with van der Waals surface area (Å²) in [6, 6.07) is -3.50. The van der Waals surface area contributed by atoms with E-state index in [0.717, 1.165) is 12.8 Å². The highest BCUT2D eigenvalue weighted by Gasteiger charge is 2.42. The zero-order valence-electron chi connectivity index (χ0n) is 23.8. The van der Waals surface area contributed by atoms with Crippen LogP contribution in [0.1, 0.15) is 59.8 Å². The fourth-order valence-electron chi connectivity index (χ4n) is 4.41. The maximum absolute atomic E-state index is 13.6. The van der Waals surface area contributed by atoms with E-state index < -0.39 is 53.1 Å². The smallest absolute Gasteiger partial charge is 0.315 e. The molecule has 0 aromatic rings. The first-order chi connectivity index (χ1) is 18.3. The molecule has 3 unspecified atom stereocenters. The Hall–Kier alpha value is -3.44. The summed E-state index contributed by atoms with van der Waals surface area (Å²) in [4.78, 5) is 79.3. The Morgan fingerprint density at radius 1 is 1.05 bits per heavy atom. The van der Waals surface area contributed by atoms with Gasteiger partial charge in [0.25, 0.3) is 5.91 Å². The summed E-state index contributed by atoms with van der Waals surface area (Å²) in [5, 5.41) is 10.3. The van der Waals surface area contributed by atoms with Gasteiger partial charge in [0, 0.05) is 26.7 Å². The Morgan fingerprint density at radius 2 is 1.72 bits per heavy atom. The highest BCUT2D eigenvalue weighted by Crippen LogP contribution is 2.29. The number of Topliss-reactive ketones (excluding diaryl/α,β-unsaturated/α-hetero) is 1. The quantitative estimate of drug-likeness (QED) is 0.192. The topological polar surface area (TPSA) is 157 Å². The van der Waals surface area contributed by atoms with Crippen LogP contribution < -0.4 is 21.3 Å². The number of carbonyl (C=O) groups is 6. The van der Waals surface area contributed by atoms with Crippen LogP contribution in [-0.2, 0) is 24.0 Å². The van der Waals surface area contributed by atoms with Crippen molar-refractivity contribution < 1.29 is 28.8 Å². The lowest BCUT2D eigenvalue weighted by Gasteiger charge is -2.35. The Kier molecular flexibility index (Phi) is 11.5. The normalized spacial score (nSPS) is 18.4. The van der Waals surface area contributed by atoms with Crippen molar-refractivity contribution in [2.24, 2.45) is 11.3 Å². The number of amides is 6. The van der Waals surface area contributed by atoms with Crippen LogP contribution in [0.3, 0.4) is 0 Å². The van der Waals surface area contributed by atoms with Gasteiger partial charge in [-0.2, -0.15) is 0 Å². The number of ketones is 1. The molecule has 0 radical (unpaired) electrons. The summed E-state index contributed by atoms with van der Waals surface area (Å²) in [5.74, 6) is -2.24. The van der Waals surface area contributed by atoms with Gasteiger partial charge in [-0.25, -0.2) is 4.79 Å². The summed E-state index contributed by atoms with van der Waals surface area (Å²) >= 11 is 0. The summed E-state index contributed by atoms with van der Waals surface area (Å²) in [5.41, 5.74) is -0.698. The molecule has 0 bridgehead atoms. The van der Waals surface area contributed by atoms with Crippen molar-refractivity contribution in [2.75, 3.05) is 33.2 Å². The lowest BCUT2D eigenvalue weighted by Crippen LogP contribution is -2.60. The highest BCUT2D eigenvalue weighted by atomic mass is 16.2. The third-order valence-electron chi connectivity index (χ3n) is 6.95. The second-order valence-electron chi connectivity index (χ2n) is 11.4. The third-order valence-corrected chi connectivity index (χ3v) is 6.95. The monoisotopic (exact) mass is 548 g/mol. The van der Waals surface area contributed by atoms with Crippen molar-refractivity contribution >= 4 is 35.4 Å². The maximum Gasteiger partial charge on any atom is 0.315 e. The van der Waals surface area contributed by atoms with Crippen molar-refractivity contribution in [3.63, 3.8) is 0 Å². The minimum absolute atomic E-state index is 0.125. The zero-order chi connectivity index (χ0) is 29.3. The van der Waals surface area contributed by atoms with Gasteiger partial charge in [-0.1, -0.05) is 33.8 Å². The first kappa shape index (κ1) is 31.8. The van der Waals surface area contributed by atoms with Crippen LogP contribution in [0.15, 0.2) is 12.7 Å². The van der Waals surface area contributed by atoms with E-state index in [2.05, 4.69) is 27.8 Å². The zero-order valence-corrected chi connectivity index (χ0v) is 23.8. The average molecular weight is 549 g/mol. The molecular formula is C27H44N6O6. The van der Waals surface area contributed by atoms with Gasteiger partial charge in [0.2, 0.25) is 23.5 Å². The van der Waals surface area contributed by atoms with Crippen molar-refractivity contribution in [1.82, 2.24) is 31.1 Å². The predicted molar refractivity (Wildman–Crippen MR) is 145 cm³/mol. The van der Waals surface area contributed by atoms with E-state index >= 15 is 0 Å². The minimum Gasteiger partial charge on any atom is -0.346 e. The molecule has 2 rings (SSSR count). The number of rotatable bonds is 13. The van der Waals surface area contributed by atoms with Crippen molar-refractivity contribution in [1.29, 1.82) is 0 Å². The Balaban J connectivity index is 2.02. The molecular weight excluding hydrogens is 504 g/mol. The fraction of sp³-hybridized carbons (Fsp3) is 0.704. The van der Waals surface area contributed by atoms with Crippen LogP contribution in [-0.4, -0.2) is 96.6 Å². The number of nitrogens with one attached hydrogen (secondary N) is 4. The fourth-order valence-corrected chi connectivity index (χ4v) is 4.41. The number of urea groups is 1. The molecule has 39 heavy (non-hydrogen) atoms. The van der Waals surface area contributed by atoms with Gasteiger partial charge < -0.3 is 31.1 Å². The van der Waals surface area contributed by atoms with Crippen LogP contribution in [0, 0.1) is 11.3 Å². The van der Waals surface area contributed by atoms with Gasteiger partial charge in [0.1, 0.15) is 12.1 Å². The van der Waals surface area contributed by atoms with Crippen LogP contribution >= 0.6 is 0 Å². The Morgan fingerprint density at radius 3 is 2.28 bits per heavy atom. The molecule has 12 heteroatoms. The molecule has 1 heterocycles. The number of hydrogen-bond donors (Lipinski definition) is 4. The molecule has 3 atom stereocenters. The summed E-state index contributed by atoms with van der Waals surface area (Å²) in [6.45, 7) is 11.4. The van der Waals surface area contributed by atoms with Crippen molar-refractivity contribution in [3.05, 3.63) is 12.7 Å². The molecule has 0 aromatic heterocycles. The predicted octanol–water partition coefficient (Wildman–Crippen LogP) is 0.326. The third kappa shape index (κ3) is 9.36. The first-order valence-corrected chi connectivity index (χ1v) is 13.6. The molecule has 218 valence electrons. The minimum atomic E-state index is -1.03. The maximum atomic E-state index is 13.6. The molecule has 0 aromatic carbocycles. The number of likely N-dealkylation sites (tertiary alicyclic amines) is 1. The summed E-state index contributed by atoms with van der Waals surface area (Å²) < 4.78 is 0. The highest BCUT2D eigenvalue weighted by molar-refractivity contribution is 6.38. The van der Waals surface area contributed by atoms with Crippen molar-refractivity contribution in [2.45, 2.75) is 77.9 Å². The second-order valence-corrected chi connectivity index (χ2v) is 11.4. The number of likely N-dealkylation sites (N-methyl/N-ethyl adjacent to an activating group) is 1. The molecule has 6 amide bonds. The second kappa shape index (κ2) is 14.1. The molecule has 2 fully saturated rings. The molecule has 1 saturated heterocycles. The number of nitrogens with zero attached hydrogens (tertiary/aromatic N) is 2. The lowest BCUT2D eigenvalue weighted by molar-refractivity contribution is -0.143. The van der Waals surface area contributed by atoms with Crippen LogP contribution in [0.5, 0.6) is 0 Å². The van der Waals surface area contributed by atoms with Crippen LogP contribution in [0.2, 0.25) is 0 Å². The number of carbonyl (C=O) groups excluding carboxylic acids is 6. The van der Waals surface area contributed by atoms with Gasteiger partial charge in [-0.15, -0.1) is 6.58 Å². The largest absolute Gasteiger partial charge is 0.346 e. The van der Waals surface area contributed by atoms with E-state index in [-0.39, 0.29) is 25.4 Å². The van der Waals surface area contributed by atoms with E-state index in [1.54, 1.807) is 39.6 Å². The van der Waals surface area contributed by atoms with Crippen molar-refractivity contribution in [3.8, 4) is 0 Å². The van der Waals surface area contributed by atoms with Gasteiger partial charge >= 0.3 is 6.03 Å². The van der Waals surface area contributed by atoms with Gasteiger partial charge in [-0.05, 0) is 43.4 Å². The van der Waals surface area contributed by atoms with Gasteiger partial charge in [0.05, 0.1) is 12.6 Å².